The van der Waals surface area contributed by atoms with Gasteiger partial charge in [-0.1, -0.05) is 66.7 Å². The molecule has 3 aromatic carbocycles. The number of hydrogen-bond donors (Lipinski definition) is 1. The first kappa shape index (κ1) is 20.9. The third kappa shape index (κ3) is 5.85. The fourth-order valence-electron chi connectivity index (χ4n) is 2.99. The van der Waals surface area contributed by atoms with Crippen molar-refractivity contribution in [1.82, 2.24) is 5.32 Å². The van der Waals surface area contributed by atoms with Crippen LogP contribution in [0.1, 0.15) is 5.56 Å². The number of nitrogens with one attached hydrogen (secondary N) is 1. The van der Waals surface area contributed by atoms with Gasteiger partial charge in [0.15, 0.2) is 0 Å². The highest BCUT2D eigenvalue weighted by atomic mass is 16.6. The molecule has 0 radical (unpaired) electrons. The summed E-state index contributed by atoms with van der Waals surface area (Å²) in [4.78, 5) is 26.7. The Hall–Kier alpha value is -3.80. The van der Waals surface area contributed by atoms with Crippen LogP contribution in [0.25, 0.3) is 0 Å². The molecule has 6 heteroatoms. The molecular formula is C24H24N2O4. The minimum atomic E-state index is -0.918. The van der Waals surface area contributed by atoms with E-state index >= 15 is 0 Å². The summed E-state index contributed by atoms with van der Waals surface area (Å²) in [6.45, 7) is 0.294. The van der Waals surface area contributed by atoms with E-state index in [9.17, 15) is 9.59 Å². The van der Waals surface area contributed by atoms with Crippen LogP contribution in [0.2, 0.25) is 0 Å². The van der Waals surface area contributed by atoms with Crippen molar-refractivity contribution in [1.29, 1.82) is 0 Å². The van der Waals surface area contributed by atoms with Gasteiger partial charge in [-0.3, -0.25) is 0 Å². The first-order valence-corrected chi connectivity index (χ1v) is 9.60. The van der Waals surface area contributed by atoms with Crippen LogP contribution in [0.5, 0.6) is 0 Å². The molecule has 0 aliphatic rings. The van der Waals surface area contributed by atoms with Gasteiger partial charge in [-0.05, 0) is 29.8 Å². The van der Waals surface area contributed by atoms with E-state index in [1.807, 2.05) is 95.9 Å². The van der Waals surface area contributed by atoms with Crippen LogP contribution in [0.3, 0.4) is 0 Å². The van der Waals surface area contributed by atoms with E-state index in [1.54, 1.807) is 0 Å². The van der Waals surface area contributed by atoms with Crippen molar-refractivity contribution in [2.75, 3.05) is 18.6 Å². The molecule has 0 aromatic heterocycles. The predicted octanol–water partition coefficient (Wildman–Crippen LogP) is 4.29. The van der Waals surface area contributed by atoms with Crippen molar-refractivity contribution >= 4 is 23.4 Å². The summed E-state index contributed by atoms with van der Waals surface area (Å²) in [7, 11) is 1.29. The van der Waals surface area contributed by atoms with Crippen molar-refractivity contribution < 1.29 is 19.1 Å². The molecule has 0 heterocycles. The number of anilines is 2. The van der Waals surface area contributed by atoms with Crippen LogP contribution in [-0.4, -0.2) is 31.8 Å². The number of carbonyl (C=O) groups is 2. The number of esters is 1. The molecular weight excluding hydrogens is 380 g/mol. The molecule has 0 saturated carbocycles. The second-order valence-corrected chi connectivity index (χ2v) is 6.56. The van der Waals surface area contributed by atoms with E-state index in [4.69, 9.17) is 9.47 Å². The molecule has 1 atom stereocenters. The summed E-state index contributed by atoms with van der Waals surface area (Å²) in [5.41, 5.74) is 2.63. The monoisotopic (exact) mass is 404 g/mol. The molecule has 0 aliphatic carbocycles. The normalized spacial score (nSPS) is 11.2. The van der Waals surface area contributed by atoms with Crippen molar-refractivity contribution in [3.63, 3.8) is 0 Å². The zero-order valence-electron chi connectivity index (χ0n) is 16.7. The highest BCUT2D eigenvalue weighted by molar-refractivity contribution is 5.82. The molecule has 0 aliphatic heterocycles. The Balaban J connectivity index is 1.74. The minimum absolute atomic E-state index is 0.113. The second kappa shape index (κ2) is 10.7. The first-order valence-electron chi connectivity index (χ1n) is 9.60. The molecule has 6 nitrogen and oxygen atoms in total. The minimum Gasteiger partial charge on any atom is -0.467 e. The van der Waals surface area contributed by atoms with Crippen molar-refractivity contribution in [3.05, 3.63) is 96.6 Å². The molecule has 3 rings (SSSR count). The molecule has 0 fully saturated rings. The lowest BCUT2D eigenvalue weighted by molar-refractivity contribution is -0.142. The largest absolute Gasteiger partial charge is 0.467 e. The first-order chi connectivity index (χ1) is 14.7. The summed E-state index contributed by atoms with van der Waals surface area (Å²) in [6, 6.07) is 27.7. The van der Waals surface area contributed by atoms with E-state index in [0.717, 1.165) is 16.9 Å². The van der Waals surface area contributed by atoms with Crippen LogP contribution in [0, 0.1) is 0 Å². The van der Waals surface area contributed by atoms with Gasteiger partial charge in [0.25, 0.3) is 0 Å². The van der Waals surface area contributed by atoms with Crippen LogP contribution >= 0.6 is 0 Å². The topological polar surface area (TPSA) is 67.9 Å². The number of methoxy groups -OCH3 is 1. The average Bonchev–Trinajstić information content (AvgIpc) is 2.81. The number of benzene rings is 3. The van der Waals surface area contributed by atoms with E-state index in [0.29, 0.717) is 0 Å². The van der Waals surface area contributed by atoms with E-state index in [-0.39, 0.29) is 13.2 Å². The number of hydrogen-bond acceptors (Lipinski definition) is 5. The van der Waals surface area contributed by atoms with Gasteiger partial charge in [0.1, 0.15) is 12.6 Å². The van der Waals surface area contributed by atoms with Gasteiger partial charge in [-0.25, -0.2) is 9.59 Å². The highest BCUT2D eigenvalue weighted by Gasteiger charge is 2.26. The van der Waals surface area contributed by atoms with Crippen molar-refractivity contribution in [2.24, 2.45) is 0 Å². The number of alkyl carbamates (subject to hydrolysis) is 1. The molecule has 1 amide bonds. The molecule has 1 unspecified atom stereocenters. The van der Waals surface area contributed by atoms with Gasteiger partial charge in [-0.15, -0.1) is 0 Å². The summed E-state index contributed by atoms with van der Waals surface area (Å²) in [5.74, 6) is -0.552. The van der Waals surface area contributed by atoms with E-state index in [1.165, 1.54) is 7.11 Å². The number of nitrogens with zero attached hydrogens (tertiary/aromatic N) is 1. The maximum atomic E-state index is 12.4. The van der Waals surface area contributed by atoms with Crippen LogP contribution in [-0.2, 0) is 20.9 Å². The van der Waals surface area contributed by atoms with Gasteiger partial charge >= 0.3 is 12.1 Å². The third-order valence-electron chi connectivity index (χ3n) is 4.49. The van der Waals surface area contributed by atoms with E-state index < -0.39 is 18.1 Å². The second-order valence-electron chi connectivity index (χ2n) is 6.56. The number of rotatable bonds is 8. The number of amides is 1. The molecule has 0 bridgehead atoms. The Bertz CT molecular complexity index is 894. The molecule has 0 saturated heterocycles. The van der Waals surface area contributed by atoms with Crippen LogP contribution in [0.4, 0.5) is 16.2 Å². The molecule has 1 N–H and O–H groups in total. The molecule has 30 heavy (non-hydrogen) atoms. The number of ether oxygens (including phenoxy) is 2. The predicted molar refractivity (Wildman–Crippen MR) is 115 cm³/mol. The number of para-hydroxylation sites is 2. The third-order valence-corrected chi connectivity index (χ3v) is 4.49. The zero-order valence-corrected chi connectivity index (χ0v) is 16.7. The Kier molecular flexibility index (Phi) is 7.44. The van der Waals surface area contributed by atoms with Crippen molar-refractivity contribution in [3.8, 4) is 0 Å². The molecule has 3 aromatic rings. The fourth-order valence-corrected chi connectivity index (χ4v) is 2.99. The van der Waals surface area contributed by atoms with Crippen molar-refractivity contribution in [2.45, 2.75) is 12.6 Å². The summed E-state index contributed by atoms with van der Waals surface area (Å²) in [5, 5.41) is 2.63. The maximum Gasteiger partial charge on any atom is 0.408 e. The quantitative estimate of drug-likeness (QED) is 0.567. The SMILES string of the molecule is COC(=O)C(CN(c1ccccc1)c1ccccc1)NC(=O)OCc1ccccc1. The van der Waals surface area contributed by atoms with Gasteiger partial charge in [0, 0.05) is 11.4 Å². The summed E-state index contributed by atoms with van der Waals surface area (Å²) < 4.78 is 10.2. The molecule has 0 spiro atoms. The number of carbonyl (C=O) groups excluding carboxylic acids is 2. The summed E-state index contributed by atoms with van der Waals surface area (Å²) >= 11 is 0. The lowest BCUT2D eigenvalue weighted by Gasteiger charge is -2.28. The summed E-state index contributed by atoms with van der Waals surface area (Å²) in [6.07, 6.45) is -0.685. The Morgan fingerprint density at radius 3 is 1.83 bits per heavy atom. The van der Waals surface area contributed by atoms with Gasteiger partial charge in [0.05, 0.1) is 13.7 Å². The average molecular weight is 404 g/mol. The van der Waals surface area contributed by atoms with Gasteiger partial charge in [0.2, 0.25) is 0 Å². The Morgan fingerprint density at radius 2 is 1.33 bits per heavy atom. The lowest BCUT2D eigenvalue weighted by atomic mass is 10.2. The fraction of sp³-hybridized carbons (Fsp3) is 0.167. The Morgan fingerprint density at radius 1 is 0.833 bits per heavy atom. The Labute approximate surface area is 176 Å². The lowest BCUT2D eigenvalue weighted by Crippen LogP contribution is -2.48. The van der Waals surface area contributed by atoms with Crippen LogP contribution in [0.15, 0.2) is 91.0 Å². The van der Waals surface area contributed by atoms with Gasteiger partial charge < -0.3 is 19.7 Å². The zero-order chi connectivity index (χ0) is 21.2. The highest BCUT2D eigenvalue weighted by Crippen LogP contribution is 2.25. The maximum absolute atomic E-state index is 12.4. The van der Waals surface area contributed by atoms with Crippen LogP contribution < -0.4 is 10.2 Å². The molecule has 154 valence electrons. The van der Waals surface area contributed by atoms with Gasteiger partial charge in [-0.2, -0.15) is 0 Å². The van der Waals surface area contributed by atoms with E-state index in [2.05, 4.69) is 5.32 Å². The standard InChI is InChI=1S/C24H24N2O4/c1-29-23(27)22(25-24(28)30-18-19-11-5-2-6-12-19)17-26(20-13-7-3-8-14-20)21-15-9-4-10-16-21/h2-16,22H,17-18H2,1H3,(H,25,28). The smallest absolute Gasteiger partial charge is 0.408 e.